The number of nitrogens with zero attached hydrogens (tertiary/aromatic N) is 6. The standard InChI is InChI=1S/C32H35N7O4S3/c1-22-8-10-23(11-9-22)27-19-26(28-7-6-18-44-28)36-39(27)30(40)21-45-32-35-34-29(37(32)2)20-33-31(41)24-12-14-25(15-13-24)46(42,43)38-16-4-3-5-17-38/h6-15,18,27H,3-5,16-17,19-21H2,1-2H3,(H,33,41)/t27-/m0/s1. The summed E-state index contributed by atoms with van der Waals surface area (Å²) in [5.41, 5.74) is 3.43. The zero-order valence-corrected chi connectivity index (χ0v) is 28.1. The molecule has 1 saturated heterocycles. The maximum Gasteiger partial charge on any atom is 0.253 e. The van der Waals surface area contributed by atoms with Crippen molar-refractivity contribution in [3.05, 3.63) is 93.4 Å². The highest BCUT2D eigenvalue weighted by Crippen LogP contribution is 2.34. The van der Waals surface area contributed by atoms with Crippen LogP contribution in [-0.4, -0.2) is 68.9 Å². The summed E-state index contributed by atoms with van der Waals surface area (Å²) in [4.78, 5) is 27.6. The first-order valence-corrected chi connectivity index (χ1v) is 18.4. The lowest BCUT2D eigenvalue weighted by Crippen LogP contribution is -2.35. The van der Waals surface area contributed by atoms with Crippen LogP contribution in [0.3, 0.4) is 0 Å². The number of piperidine rings is 1. The molecule has 6 rings (SSSR count). The molecular formula is C32H35N7O4S3. The predicted octanol–water partition coefficient (Wildman–Crippen LogP) is 4.76. The Morgan fingerprint density at radius 3 is 2.43 bits per heavy atom. The fraction of sp³-hybridized carbons (Fsp3) is 0.344. The first-order valence-electron chi connectivity index (χ1n) is 15.1. The van der Waals surface area contributed by atoms with E-state index in [0.717, 1.165) is 41.0 Å². The molecule has 0 aliphatic carbocycles. The Morgan fingerprint density at radius 2 is 1.74 bits per heavy atom. The average Bonchev–Trinajstić information content (AvgIpc) is 3.84. The number of aryl methyl sites for hydroxylation is 1. The summed E-state index contributed by atoms with van der Waals surface area (Å²) in [7, 11) is -1.78. The van der Waals surface area contributed by atoms with Gasteiger partial charge in [-0.25, -0.2) is 13.4 Å². The summed E-state index contributed by atoms with van der Waals surface area (Å²) in [5.74, 6) is 0.147. The number of hydrogen-bond acceptors (Lipinski definition) is 9. The molecule has 11 nitrogen and oxygen atoms in total. The van der Waals surface area contributed by atoms with E-state index >= 15 is 0 Å². The Balaban J connectivity index is 1.06. The molecule has 0 bridgehead atoms. The van der Waals surface area contributed by atoms with E-state index in [1.807, 2.05) is 36.6 Å². The summed E-state index contributed by atoms with van der Waals surface area (Å²) >= 11 is 2.87. The van der Waals surface area contributed by atoms with Crippen LogP contribution in [0.15, 0.2) is 81.2 Å². The average molecular weight is 678 g/mol. The number of thioether (sulfide) groups is 1. The lowest BCUT2D eigenvalue weighted by molar-refractivity contribution is -0.130. The molecule has 0 saturated carbocycles. The number of carbonyl (C=O) groups is 2. The zero-order chi connectivity index (χ0) is 32.3. The van der Waals surface area contributed by atoms with Crippen LogP contribution in [0, 0.1) is 6.92 Å². The first-order chi connectivity index (χ1) is 22.2. The minimum Gasteiger partial charge on any atom is -0.345 e. The first kappa shape index (κ1) is 32.1. The fourth-order valence-corrected chi connectivity index (χ4v) is 8.51. The van der Waals surface area contributed by atoms with Gasteiger partial charge in [0, 0.05) is 32.1 Å². The lowest BCUT2D eigenvalue weighted by Gasteiger charge is -2.25. The van der Waals surface area contributed by atoms with Crippen molar-refractivity contribution < 1.29 is 18.0 Å². The molecule has 1 N–H and O–H groups in total. The van der Waals surface area contributed by atoms with Crippen LogP contribution in [0.4, 0.5) is 0 Å². The molecule has 2 amide bonds. The lowest BCUT2D eigenvalue weighted by atomic mass is 10.00. The SMILES string of the molecule is Cc1ccc([C@@H]2CC(c3cccs3)=NN2C(=O)CSc2nnc(CNC(=O)c3ccc(S(=O)(=O)N4CCCCC4)cc3)n2C)cc1. The molecule has 4 heterocycles. The van der Waals surface area contributed by atoms with Gasteiger partial charge >= 0.3 is 0 Å². The summed E-state index contributed by atoms with van der Waals surface area (Å²) in [6.45, 7) is 3.19. The van der Waals surface area contributed by atoms with Crippen LogP contribution >= 0.6 is 23.1 Å². The Bertz CT molecular complexity index is 1830. The molecule has 2 aliphatic rings. The Morgan fingerprint density at radius 1 is 1.00 bits per heavy atom. The highest BCUT2D eigenvalue weighted by molar-refractivity contribution is 7.99. The number of nitrogens with one attached hydrogen (secondary N) is 1. The fourth-order valence-electron chi connectivity index (χ4n) is 5.49. The monoisotopic (exact) mass is 677 g/mol. The van der Waals surface area contributed by atoms with Gasteiger partial charge in [-0.3, -0.25) is 9.59 Å². The van der Waals surface area contributed by atoms with E-state index in [0.29, 0.717) is 36.1 Å². The molecule has 0 radical (unpaired) electrons. The smallest absolute Gasteiger partial charge is 0.253 e. The number of carbonyl (C=O) groups excluding carboxylic acids is 2. The van der Waals surface area contributed by atoms with Gasteiger partial charge in [0.2, 0.25) is 10.0 Å². The number of aromatic nitrogens is 3. The second-order valence-corrected chi connectivity index (χ2v) is 15.1. The third-order valence-corrected chi connectivity index (χ3v) is 12.0. The molecule has 1 fully saturated rings. The Labute approximate surface area is 276 Å². The third kappa shape index (κ3) is 6.94. The minimum atomic E-state index is -3.57. The number of rotatable bonds is 10. The van der Waals surface area contributed by atoms with Crippen molar-refractivity contribution >= 4 is 50.6 Å². The highest BCUT2D eigenvalue weighted by atomic mass is 32.2. The summed E-state index contributed by atoms with van der Waals surface area (Å²) in [5, 5.41) is 20.2. The minimum absolute atomic E-state index is 0.112. The van der Waals surface area contributed by atoms with Crippen molar-refractivity contribution in [3.8, 4) is 0 Å². The van der Waals surface area contributed by atoms with Gasteiger partial charge in [-0.05, 0) is 61.0 Å². The molecule has 4 aromatic rings. The van der Waals surface area contributed by atoms with Crippen molar-refractivity contribution in [2.75, 3.05) is 18.8 Å². The number of amides is 2. The van der Waals surface area contributed by atoms with Crippen molar-refractivity contribution in [1.82, 2.24) is 29.4 Å². The topological polar surface area (TPSA) is 130 Å². The van der Waals surface area contributed by atoms with Crippen molar-refractivity contribution in [2.45, 2.75) is 55.2 Å². The van der Waals surface area contributed by atoms with Crippen LogP contribution in [0.1, 0.15) is 63.9 Å². The molecule has 0 unspecified atom stereocenters. The maximum atomic E-state index is 13.5. The van der Waals surface area contributed by atoms with Crippen LogP contribution in [0.5, 0.6) is 0 Å². The van der Waals surface area contributed by atoms with E-state index < -0.39 is 10.0 Å². The van der Waals surface area contributed by atoms with Crippen LogP contribution in [0.2, 0.25) is 0 Å². The Hall–Kier alpha value is -3.85. The Kier molecular flexibility index (Phi) is 9.68. The van der Waals surface area contributed by atoms with E-state index in [4.69, 9.17) is 5.10 Å². The second kappa shape index (κ2) is 13.9. The van der Waals surface area contributed by atoms with Gasteiger partial charge in [-0.1, -0.05) is 54.1 Å². The van der Waals surface area contributed by atoms with Gasteiger partial charge < -0.3 is 9.88 Å². The van der Waals surface area contributed by atoms with Gasteiger partial charge in [0.25, 0.3) is 11.8 Å². The van der Waals surface area contributed by atoms with E-state index in [1.54, 1.807) is 28.0 Å². The molecule has 46 heavy (non-hydrogen) atoms. The van der Waals surface area contributed by atoms with Crippen LogP contribution in [0.25, 0.3) is 0 Å². The molecule has 14 heteroatoms. The molecule has 2 aromatic heterocycles. The predicted molar refractivity (Wildman–Crippen MR) is 178 cm³/mol. The number of sulfonamides is 1. The molecule has 2 aromatic carbocycles. The van der Waals surface area contributed by atoms with E-state index in [2.05, 4.69) is 27.6 Å². The van der Waals surface area contributed by atoms with Gasteiger partial charge in [0.15, 0.2) is 11.0 Å². The van der Waals surface area contributed by atoms with Gasteiger partial charge in [0.05, 0.1) is 33.8 Å². The van der Waals surface area contributed by atoms with Crippen LogP contribution in [-0.2, 0) is 28.4 Å². The van der Waals surface area contributed by atoms with Crippen molar-refractivity contribution in [2.24, 2.45) is 12.1 Å². The molecule has 240 valence electrons. The van der Waals surface area contributed by atoms with Crippen LogP contribution < -0.4 is 5.32 Å². The summed E-state index contributed by atoms with van der Waals surface area (Å²) in [6.07, 6.45) is 3.40. The number of hydrogen-bond donors (Lipinski definition) is 1. The second-order valence-electron chi connectivity index (χ2n) is 11.3. The molecule has 0 spiro atoms. The van der Waals surface area contributed by atoms with Gasteiger partial charge in [-0.15, -0.1) is 21.5 Å². The van der Waals surface area contributed by atoms with Gasteiger partial charge in [-0.2, -0.15) is 9.41 Å². The molecular weight excluding hydrogens is 643 g/mol. The third-order valence-electron chi connectivity index (χ3n) is 8.16. The summed E-state index contributed by atoms with van der Waals surface area (Å²) < 4.78 is 29.1. The summed E-state index contributed by atoms with van der Waals surface area (Å²) in [6, 6.07) is 18.0. The number of hydrazone groups is 1. The van der Waals surface area contributed by atoms with Gasteiger partial charge in [0.1, 0.15) is 0 Å². The zero-order valence-electron chi connectivity index (χ0n) is 25.6. The quantitative estimate of drug-likeness (QED) is 0.240. The normalized spacial score (nSPS) is 17.2. The number of benzene rings is 2. The number of thiophene rings is 1. The largest absolute Gasteiger partial charge is 0.345 e. The van der Waals surface area contributed by atoms with E-state index in [9.17, 15) is 18.0 Å². The van der Waals surface area contributed by atoms with Crippen molar-refractivity contribution in [3.63, 3.8) is 0 Å². The van der Waals surface area contributed by atoms with Crippen molar-refractivity contribution in [1.29, 1.82) is 0 Å². The molecule has 2 aliphatic heterocycles. The van der Waals surface area contributed by atoms with E-state index in [-0.39, 0.29) is 35.0 Å². The van der Waals surface area contributed by atoms with E-state index in [1.165, 1.54) is 40.3 Å². The maximum absolute atomic E-state index is 13.5. The molecule has 1 atom stereocenters. The highest BCUT2D eigenvalue weighted by Gasteiger charge is 2.33.